The molecule has 28 heavy (non-hydrogen) atoms. The quantitative estimate of drug-likeness (QED) is 0.523. The molecule has 1 saturated carbocycles. The summed E-state index contributed by atoms with van der Waals surface area (Å²) in [5.41, 5.74) is 2.77. The Balaban J connectivity index is 1.87. The Hall–Kier alpha value is -2.01. The molecule has 3 rings (SSSR count). The number of nitrogens with zero attached hydrogens (tertiary/aromatic N) is 3. The smallest absolute Gasteiger partial charge is 0.327 e. The van der Waals surface area contributed by atoms with Crippen molar-refractivity contribution in [2.24, 2.45) is 0 Å². The maximum absolute atomic E-state index is 13.2. The highest BCUT2D eigenvalue weighted by Gasteiger charge is 2.39. The number of alkyl halides is 1. The molecular formula is C22H30ClN3O2. The molecule has 6 heteroatoms. The first kappa shape index (κ1) is 20.7. The summed E-state index contributed by atoms with van der Waals surface area (Å²) in [5, 5.41) is 0. The minimum absolute atomic E-state index is 0.0204. The summed E-state index contributed by atoms with van der Waals surface area (Å²) in [6, 6.07) is 7.97. The lowest BCUT2D eigenvalue weighted by atomic mass is 9.93. The molecule has 0 N–H and O–H groups in total. The van der Waals surface area contributed by atoms with E-state index in [9.17, 15) is 9.59 Å². The largest absolute Gasteiger partial charge is 0.378 e. The molecule has 1 aromatic rings. The van der Waals surface area contributed by atoms with E-state index in [1.165, 1.54) is 11.3 Å². The van der Waals surface area contributed by atoms with Gasteiger partial charge >= 0.3 is 6.03 Å². The van der Waals surface area contributed by atoms with Crippen molar-refractivity contribution >= 4 is 35.3 Å². The van der Waals surface area contributed by atoms with Crippen LogP contribution in [0.25, 0.3) is 6.08 Å². The molecular weight excluding hydrogens is 374 g/mol. The van der Waals surface area contributed by atoms with Gasteiger partial charge in [0.15, 0.2) is 0 Å². The van der Waals surface area contributed by atoms with E-state index in [0.29, 0.717) is 24.5 Å². The van der Waals surface area contributed by atoms with Gasteiger partial charge in [-0.05, 0) is 43.0 Å². The van der Waals surface area contributed by atoms with Gasteiger partial charge in [-0.15, -0.1) is 11.6 Å². The predicted octanol–water partition coefficient (Wildman–Crippen LogP) is 4.36. The Morgan fingerprint density at radius 2 is 1.79 bits per heavy atom. The van der Waals surface area contributed by atoms with E-state index in [1.807, 2.05) is 49.3 Å². The summed E-state index contributed by atoms with van der Waals surface area (Å²) in [5.74, 6) is 0.377. The Morgan fingerprint density at radius 3 is 2.39 bits per heavy atom. The molecule has 5 nitrogen and oxygen atoms in total. The molecule has 2 aliphatic rings. The first-order valence-electron chi connectivity index (χ1n) is 10.2. The number of anilines is 1. The van der Waals surface area contributed by atoms with E-state index < -0.39 is 0 Å². The Bertz CT molecular complexity index is 724. The van der Waals surface area contributed by atoms with Gasteiger partial charge in [0, 0.05) is 43.8 Å². The fourth-order valence-electron chi connectivity index (χ4n) is 4.00. The van der Waals surface area contributed by atoms with Crippen molar-refractivity contribution in [2.75, 3.05) is 38.0 Å². The average molecular weight is 404 g/mol. The molecule has 0 radical (unpaired) electrons. The molecule has 0 aromatic heterocycles. The van der Waals surface area contributed by atoms with E-state index in [-0.39, 0.29) is 18.0 Å². The second-order valence-corrected chi connectivity index (χ2v) is 8.25. The number of hydrogen-bond acceptors (Lipinski definition) is 3. The lowest BCUT2D eigenvalue weighted by Crippen LogP contribution is -2.57. The minimum atomic E-state index is -0.151. The van der Waals surface area contributed by atoms with Crippen LogP contribution in [0, 0.1) is 0 Å². The monoisotopic (exact) mass is 403 g/mol. The Morgan fingerprint density at radius 1 is 1.11 bits per heavy atom. The molecule has 3 amide bonds. The van der Waals surface area contributed by atoms with Crippen LogP contribution in [-0.4, -0.2) is 60.8 Å². The lowest BCUT2D eigenvalue weighted by molar-refractivity contribution is -0.128. The van der Waals surface area contributed by atoms with Crippen LogP contribution >= 0.6 is 11.6 Å². The molecule has 2 fully saturated rings. The zero-order valence-corrected chi connectivity index (χ0v) is 17.6. The van der Waals surface area contributed by atoms with Gasteiger partial charge in [-0.3, -0.25) is 9.69 Å². The van der Waals surface area contributed by atoms with Crippen molar-refractivity contribution in [3.05, 3.63) is 35.4 Å². The van der Waals surface area contributed by atoms with Gasteiger partial charge in [-0.25, -0.2) is 4.79 Å². The van der Waals surface area contributed by atoms with Crippen LogP contribution in [0.2, 0.25) is 0 Å². The van der Waals surface area contributed by atoms with Gasteiger partial charge < -0.3 is 9.80 Å². The van der Waals surface area contributed by atoms with Gasteiger partial charge in [0.25, 0.3) is 5.91 Å². The minimum Gasteiger partial charge on any atom is -0.378 e. The number of urea groups is 1. The summed E-state index contributed by atoms with van der Waals surface area (Å²) < 4.78 is 0. The number of benzene rings is 1. The Kier molecular flexibility index (Phi) is 7.00. The number of hydrogen-bond donors (Lipinski definition) is 0. The highest BCUT2D eigenvalue weighted by molar-refractivity contribution is 6.17. The van der Waals surface area contributed by atoms with Crippen molar-refractivity contribution in [3.63, 3.8) is 0 Å². The lowest BCUT2D eigenvalue weighted by Gasteiger charge is -2.41. The second-order valence-electron chi connectivity index (χ2n) is 7.87. The van der Waals surface area contributed by atoms with E-state index >= 15 is 0 Å². The average Bonchev–Trinajstić information content (AvgIpc) is 2.70. The van der Waals surface area contributed by atoms with Crippen molar-refractivity contribution < 1.29 is 9.59 Å². The molecule has 1 aliphatic heterocycles. The molecule has 0 bridgehead atoms. The molecule has 0 spiro atoms. The van der Waals surface area contributed by atoms with Crippen LogP contribution < -0.4 is 4.90 Å². The molecule has 1 heterocycles. The number of halogens is 1. The topological polar surface area (TPSA) is 43.9 Å². The third-order valence-corrected chi connectivity index (χ3v) is 5.85. The van der Waals surface area contributed by atoms with Gasteiger partial charge in [0.1, 0.15) is 0 Å². The molecule has 0 atom stereocenters. The molecule has 1 aromatic carbocycles. The number of amides is 3. The fraction of sp³-hybridized carbons (Fsp3) is 0.545. The zero-order chi connectivity index (χ0) is 20.1. The van der Waals surface area contributed by atoms with Crippen molar-refractivity contribution in [1.82, 2.24) is 9.80 Å². The third kappa shape index (κ3) is 4.69. The first-order valence-corrected chi connectivity index (χ1v) is 10.7. The van der Waals surface area contributed by atoms with Gasteiger partial charge in [-0.1, -0.05) is 31.4 Å². The number of imide groups is 1. The standard InChI is InChI=1S/C22H30ClN3O2/c1-24(2)19-11-9-17(10-12-19)15-18-16-25(14-6-13-23)22(28)26(21(18)27)20-7-4-3-5-8-20/h9-12,15,20H,3-8,13-14,16H2,1-2H3. The SMILES string of the molecule is CN(C)c1ccc(C=C2CN(CCCCl)C(=O)N(C3CCCCC3)C2=O)cc1. The van der Waals surface area contributed by atoms with E-state index in [4.69, 9.17) is 11.6 Å². The summed E-state index contributed by atoms with van der Waals surface area (Å²) in [6.07, 6.45) is 7.81. The molecule has 152 valence electrons. The zero-order valence-electron chi connectivity index (χ0n) is 16.9. The highest BCUT2D eigenvalue weighted by Crippen LogP contribution is 2.28. The van der Waals surface area contributed by atoms with Crippen LogP contribution in [0.1, 0.15) is 44.1 Å². The highest BCUT2D eigenvalue weighted by atomic mass is 35.5. The van der Waals surface area contributed by atoms with E-state index in [2.05, 4.69) is 0 Å². The number of carbonyl (C=O) groups is 2. The van der Waals surface area contributed by atoms with Crippen LogP contribution in [0.4, 0.5) is 10.5 Å². The van der Waals surface area contributed by atoms with E-state index in [1.54, 1.807) is 4.90 Å². The van der Waals surface area contributed by atoms with Crippen molar-refractivity contribution in [2.45, 2.75) is 44.6 Å². The van der Waals surface area contributed by atoms with E-state index in [0.717, 1.165) is 43.4 Å². The summed E-state index contributed by atoms with van der Waals surface area (Å²) in [7, 11) is 4.00. The molecule has 1 saturated heterocycles. The summed E-state index contributed by atoms with van der Waals surface area (Å²) >= 11 is 5.85. The van der Waals surface area contributed by atoms with Crippen molar-refractivity contribution in [3.8, 4) is 0 Å². The molecule has 1 aliphatic carbocycles. The van der Waals surface area contributed by atoms with Crippen LogP contribution in [0.5, 0.6) is 0 Å². The van der Waals surface area contributed by atoms with Crippen molar-refractivity contribution in [1.29, 1.82) is 0 Å². The summed E-state index contributed by atoms with van der Waals surface area (Å²) in [4.78, 5) is 31.6. The number of rotatable bonds is 6. The normalized spacial score (nSPS) is 20.2. The maximum Gasteiger partial charge on any atom is 0.327 e. The van der Waals surface area contributed by atoms with Crippen LogP contribution in [-0.2, 0) is 4.79 Å². The maximum atomic E-state index is 13.2. The van der Waals surface area contributed by atoms with Crippen LogP contribution in [0.15, 0.2) is 29.8 Å². The first-order chi connectivity index (χ1) is 13.5. The third-order valence-electron chi connectivity index (χ3n) is 5.58. The molecule has 0 unspecified atom stereocenters. The van der Waals surface area contributed by atoms with Gasteiger partial charge in [0.2, 0.25) is 0 Å². The second kappa shape index (κ2) is 9.46. The number of carbonyl (C=O) groups excluding carboxylic acids is 2. The van der Waals surface area contributed by atoms with Gasteiger partial charge in [-0.2, -0.15) is 0 Å². The van der Waals surface area contributed by atoms with Gasteiger partial charge in [0.05, 0.1) is 6.54 Å². The fourth-order valence-corrected chi connectivity index (χ4v) is 4.12. The van der Waals surface area contributed by atoms with Crippen LogP contribution in [0.3, 0.4) is 0 Å². The Labute approximate surface area is 172 Å². The summed E-state index contributed by atoms with van der Waals surface area (Å²) in [6.45, 7) is 0.933. The predicted molar refractivity (Wildman–Crippen MR) is 115 cm³/mol.